The Morgan fingerprint density at radius 1 is 1.44 bits per heavy atom. The summed E-state index contributed by atoms with van der Waals surface area (Å²) in [5.41, 5.74) is 8.11. The second-order valence-corrected chi connectivity index (χ2v) is 2.53. The fourth-order valence-corrected chi connectivity index (χ4v) is 1.06. The SMILES string of the molecule is CC1=C(N)C(=N)CCC1. The molecule has 0 radical (unpaired) electrons. The van der Waals surface area contributed by atoms with E-state index in [2.05, 4.69) is 0 Å². The molecule has 0 aromatic heterocycles. The molecule has 3 N–H and O–H groups in total. The standard InChI is InChI=1S/C7H12N2/c1-5-3-2-4-6(8)7(5)9/h8H,2-4,9H2,1H3. The maximum Gasteiger partial charge on any atom is 0.0542 e. The molecule has 1 aliphatic carbocycles. The maximum atomic E-state index is 7.34. The lowest BCUT2D eigenvalue weighted by molar-refractivity contribution is 0.814. The van der Waals surface area contributed by atoms with Crippen LogP contribution in [0.2, 0.25) is 0 Å². The molecule has 0 amide bonds. The normalized spacial score (nSPS) is 20.8. The molecule has 0 atom stereocenters. The summed E-state index contributed by atoms with van der Waals surface area (Å²) in [7, 11) is 0. The zero-order valence-corrected chi connectivity index (χ0v) is 5.70. The van der Waals surface area contributed by atoms with Gasteiger partial charge in [-0.3, -0.25) is 0 Å². The van der Waals surface area contributed by atoms with Gasteiger partial charge in [0.15, 0.2) is 0 Å². The molecule has 0 fully saturated rings. The monoisotopic (exact) mass is 124 g/mol. The van der Waals surface area contributed by atoms with E-state index >= 15 is 0 Å². The van der Waals surface area contributed by atoms with Gasteiger partial charge < -0.3 is 11.1 Å². The number of hydrogen-bond acceptors (Lipinski definition) is 2. The van der Waals surface area contributed by atoms with Crippen LogP contribution in [0.5, 0.6) is 0 Å². The quantitative estimate of drug-likeness (QED) is 0.504. The van der Waals surface area contributed by atoms with Gasteiger partial charge in [0.05, 0.1) is 11.4 Å². The lowest BCUT2D eigenvalue weighted by Gasteiger charge is -2.14. The second kappa shape index (κ2) is 2.21. The van der Waals surface area contributed by atoms with Crippen molar-refractivity contribution in [2.75, 3.05) is 0 Å². The fraction of sp³-hybridized carbons (Fsp3) is 0.571. The zero-order valence-electron chi connectivity index (χ0n) is 5.70. The molecular weight excluding hydrogens is 112 g/mol. The molecule has 2 nitrogen and oxygen atoms in total. The average Bonchev–Trinajstić information content (AvgIpc) is 1.83. The van der Waals surface area contributed by atoms with Crippen molar-refractivity contribution < 1.29 is 0 Å². The van der Waals surface area contributed by atoms with Crippen LogP contribution in [0.25, 0.3) is 0 Å². The van der Waals surface area contributed by atoms with E-state index in [4.69, 9.17) is 11.1 Å². The molecule has 1 aliphatic rings. The molecule has 0 heterocycles. The van der Waals surface area contributed by atoms with Gasteiger partial charge in [-0.1, -0.05) is 0 Å². The van der Waals surface area contributed by atoms with Gasteiger partial charge >= 0.3 is 0 Å². The van der Waals surface area contributed by atoms with Crippen molar-refractivity contribution in [2.45, 2.75) is 26.2 Å². The van der Waals surface area contributed by atoms with Gasteiger partial charge in [0.2, 0.25) is 0 Å². The van der Waals surface area contributed by atoms with E-state index in [0.717, 1.165) is 25.0 Å². The third-order valence-corrected chi connectivity index (χ3v) is 1.76. The lowest BCUT2D eigenvalue weighted by atomic mass is 9.96. The first kappa shape index (κ1) is 6.33. The van der Waals surface area contributed by atoms with Crippen molar-refractivity contribution in [3.63, 3.8) is 0 Å². The minimum atomic E-state index is 0.624. The van der Waals surface area contributed by atoms with E-state index in [1.807, 2.05) is 6.92 Å². The molecule has 0 saturated heterocycles. The minimum absolute atomic E-state index is 0.624. The molecule has 0 unspecified atom stereocenters. The zero-order chi connectivity index (χ0) is 6.85. The van der Waals surface area contributed by atoms with Crippen LogP contribution >= 0.6 is 0 Å². The predicted molar refractivity (Wildman–Crippen MR) is 38.5 cm³/mol. The lowest BCUT2D eigenvalue weighted by Crippen LogP contribution is -2.16. The first-order chi connectivity index (χ1) is 4.22. The summed E-state index contributed by atoms with van der Waals surface area (Å²) in [4.78, 5) is 0. The van der Waals surface area contributed by atoms with Crippen molar-refractivity contribution in [1.29, 1.82) is 5.41 Å². The van der Waals surface area contributed by atoms with Gasteiger partial charge in [-0.05, 0) is 31.8 Å². The van der Waals surface area contributed by atoms with Gasteiger partial charge in [-0.25, -0.2) is 0 Å². The Labute approximate surface area is 55.3 Å². The Kier molecular flexibility index (Phi) is 1.56. The first-order valence-electron chi connectivity index (χ1n) is 3.25. The minimum Gasteiger partial charge on any atom is -0.397 e. The maximum absolute atomic E-state index is 7.34. The van der Waals surface area contributed by atoms with Gasteiger partial charge in [0.25, 0.3) is 0 Å². The molecule has 0 saturated carbocycles. The summed E-state index contributed by atoms with van der Waals surface area (Å²) in [6.45, 7) is 2.00. The third-order valence-electron chi connectivity index (χ3n) is 1.76. The van der Waals surface area contributed by atoms with E-state index in [1.54, 1.807) is 0 Å². The van der Waals surface area contributed by atoms with Crippen LogP contribution in [-0.4, -0.2) is 5.71 Å². The molecule has 1 rings (SSSR count). The largest absolute Gasteiger partial charge is 0.397 e. The summed E-state index contributed by atoms with van der Waals surface area (Å²) in [5.74, 6) is 0. The van der Waals surface area contributed by atoms with Crippen molar-refractivity contribution in [2.24, 2.45) is 5.73 Å². The highest BCUT2D eigenvalue weighted by atomic mass is 14.6. The summed E-state index contributed by atoms with van der Waals surface area (Å²) in [6, 6.07) is 0. The van der Waals surface area contributed by atoms with Crippen LogP contribution in [0.4, 0.5) is 0 Å². The van der Waals surface area contributed by atoms with Crippen LogP contribution in [-0.2, 0) is 0 Å². The summed E-state index contributed by atoms with van der Waals surface area (Å²) in [6.07, 6.45) is 3.04. The van der Waals surface area contributed by atoms with E-state index in [9.17, 15) is 0 Å². The van der Waals surface area contributed by atoms with Crippen LogP contribution < -0.4 is 5.73 Å². The Morgan fingerprint density at radius 3 is 2.56 bits per heavy atom. The van der Waals surface area contributed by atoms with Crippen LogP contribution in [0, 0.1) is 5.41 Å². The molecule has 50 valence electrons. The highest BCUT2D eigenvalue weighted by molar-refractivity contribution is 5.98. The molecule has 0 aliphatic heterocycles. The van der Waals surface area contributed by atoms with Crippen LogP contribution in [0.1, 0.15) is 26.2 Å². The number of allylic oxidation sites excluding steroid dienone is 2. The third kappa shape index (κ3) is 1.12. The first-order valence-corrected chi connectivity index (χ1v) is 3.25. The molecule has 0 aromatic carbocycles. The van der Waals surface area contributed by atoms with Crippen molar-refractivity contribution in [3.05, 3.63) is 11.3 Å². The summed E-state index contributed by atoms with van der Waals surface area (Å²) in [5, 5.41) is 7.34. The number of nitrogens with two attached hydrogens (primary N) is 1. The number of rotatable bonds is 0. The van der Waals surface area contributed by atoms with Crippen molar-refractivity contribution in [3.8, 4) is 0 Å². The Morgan fingerprint density at radius 2 is 2.11 bits per heavy atom. The molecule has 0 spiro atoms. The van der Waals surface area contributed by atoms with Gasteiger partial charge in [0, 0.05) is 0 Å². The van der Waals surface area contributed by atoms with E-state index in [0.29, 0.717) is 5.71 Å². The topological polar surface area (TPSA) is 49.9 Å². The van der Waals surface area contributed by atoms with E-state index in [1.165, 1.54) is 5.57 Å². The Balaban J connectivity index is 2.84. The molecule has 0 aromatic rings. The predicted octanol–water partition coefficient (Wildman–Crippen LogP) is 1.42. The summed E-state index contributed by atoms with van der Waals surface area (Å²) >= 11 is 0. The van der Waals surface area contributed by atoms with Crippen LogP contribution in [0.15, 0.2) is 11.3 Å². The van der Waals surface area contributed by atoms with Crippen LogP contribution in [0.3, 0.4) is 0 Å². The van der Waals surface area contributed by atoms with Gasteiger partial charge in [-0.15, -0.1) is 0 Å². The highest BCUT2D eigenvalue weighted by Crippen LogP contribution is 2.17. The molecule has 2 heteroatoms. The Hall–Kier alpha value is -0.790. The van der Waals surface area contributed by atoms with Crippen molar-refractivity contribution in [1.82, 2.24) is 0 Å². The molecule has 9 heavy (non-hydrogen) atoms. The van der Waals surface area contributed by atoms with E-state index in [-0.39, 0.29) is 0 Å². The smallest absolute Gasteiger partial charge is 0.0542 e. The van der Waals surface area contributed by atoms with Gasteiger partial charge in [-0.2, -0.15) is 0 Å². The van der Waals surface area contributed by atoms with Crippen molar-refractivity contribution >= 4 is 5.71 Å². The molecule has 0 bridgehead atoms. The number of hydrogen-bond donors (Lipinski definition) is 2. The van der Waals surface area contributed by atoms with E-state index < -0.39 is 0 Å². The average molecular weight is 124 g/mol. The van der Waals surface area contributed by atoms with Gasteiger partial charge in [0.1, 0.15) is 0 Å². The fourth-order valence-electron chi connectivity index (χ4n) is 1.06. The molecular formula is C7H12N2. The highest BCUT2D eigenvalue weighted by Gasteiger charge is 2.09. The number of nitrogens with one attached hydrogen (secondary N) is 1. The Bertz CT molecular complexity index is 168. The summed E-state index contributed by atoms with van der Waals surface area (Å²) < 4.78 is 0. The second-order valence-electron chi connectivity index (χ2n) is 2.53.